The van der Waals surface area contributed by atoms with Crippen LogP contribution in [0.1, 0.15) is 30.9 Å². The third kappa shape index (κ3) is 4.85. The Labute approximate surface area is 156 Å². The summed E-state index contributed by atoms with van der Waals surface area (Å²) in [6, 6.07) is 18.2. The lowest BCUT2D eigenvalue weighted by Gasteiger charge is -2.29. The fourth-order valence-corrected chi connectivity index (χ4v) is 3.41. The Balaban J connectivity index is 1.72. The topological polar surface area (TPSA) is 41.6 Å². The number of benzene rings is 2. The molecule has 2 aromatic carbocycles. The van der Waals surface area contributed by atoms with Gasteiger partial charge in [0.05, 0.1) is 0 Å². The molecule has 4 nitrogen and oxygen atoms in total. The minimum atomic E-state index is -0.511. The molecule has 3 rings (SSSR count). The van der Waals surface area contributed by atoms with Crippen molar-refractivity contribution < 1.29 is 9.53 Å². The van der Waals surface area contributed by atoms with Gasteiger partial charge in [0.2, 0.25) is 0 Å². The van der Waals surface area contributed by atoms with Gasteiger partial charge in [-0.25, -0.2) is 0 Å². The molecule has 0 spiro atoms. The van der Waals surface area contributed by atoms with Gasteiger partial charge in [-0.3, -0.25) is 4.79 Å². The number of nitrogens with zero attached hydrogens (tertiary/aromatic N) is 1. The largest absolute Gasteiger partial charge is 0.481 e. The van der Waals surface area contributed by atoms with Crippen LogP contribution >= 0.6 is 0 Å². The minimum absolute atomic E-state index is 0.0332. The zero-order valence-corrected chi connectivity index (χ0v) is 15.7. The van der Waals surface area contributed by atoms with Crippen LogP contribution in [0.25, 0.3) is 0 Å². The number of aryl methyl sites for hydroxylation is 1. The van der Waals surface area contributed by atoms with Crippen molar-refractivity contribution in [3.63, 3.8) is 0 Å². The fourth-order valence-electron chi connectivity index (χ4n) is 3.41. The second kappa shape index (κ2) is 8.86. The van der Waals surface area contributed by atoms with Crippen LogP contribution in [-0.4, -0.2) is 36.0 Å². The molecule has 1 amide bonds. The zero-order valence-electron chi connectivity index (χ0n) is 15.7. The van der Waals surface area contributed by atoms with E-state index in [1.54, 1.807) is 0 Å². The molecule has 0 radical (unpaired) electrons. The van der Waals surface area contributed by atoms with E-state index >= 15 is 0 Å². The maximum atomic E-state index is 13.1. The maximum Gasteiger partial charge on any atom is 0.263 e. The molecule has 1 saturated heterocycles. The van der Waals surface area contributed by atoms with Gasteiger partial charge in [0.15, 0.2) is 6.10 Å². The third-order valence-electron chi connectivity index (χ3n) is 4.94. The van der Waals surface area contributed by atoms with Gasteiger partial charge in [-0.1, -0.05) is 42.5 Å². The van der Waals surface area contributed by atoms with E-state index in [-0.39, 0.29) is 5.91 Å². The molecule has 26 heavy (non-hydrogen) atoms. The number of nitrogens with one attached hydrogen (secondary N) is 1. The first-order chi connectivity index (χ1) is 12.6. The number of carbonyl (C=O) groups excluding carboxylic acids is 1. The molecule has 0 aromatic heterocycles. The molecule has 1 aliphatic rings. The standard InChI is InChI=1S/C22H28N2O2/c1-17-9-6-7-10-19(17)15-24(16-20-11-8-14-23-20)22(25)18(2)26-21-12-4-3-5-13-21/h3-7,9-10,12-13,18,20,23H,8,11,14-16H2,1-2H3/t18-,20?/m1/s1. The molecule has 0 saturated carbocycles. The zero-order chi connectivity index (χ0) is 18.4. The Morgan fingerprint density at radius 1 is 1.19 bits per heavy atom. The first kappa shape index (κ1) is 18.5. The summed E-state index contributed by atoms with van der Waals surface area (Å²) in [7, 11) is 0. The summed E-state index contributed by atoms with van der Waals surface area (Å²) in [5, 5.41) is 3.50. The molecule has 1 unspecified atom stereocenters. The van der Waals surface area contributed by atoms with E-state index in [2.05, 4.69) is 24.4 Å². The number of rotatable bonds is 7. The van der Waals surface area contributed by atoms with Crippen LogP contribution in [-0.2, 0) is 11.3 Å². The normalized spacial score (nSPS) is 17.7. The molecule has 138 valence electrons. The highest BCUT2D eigenvalue weighted by atomic mass is 16.5. The first-order valence-electron chi connectivity index (χ1n) is 9.42. The Morgan fingerprint density at radius 3 is 2.62 bits per heavy atom. The summed E-state index contributed by atoms with van der Waals surface area (Å²) in [6.45, 7) is 6.30. The summed E-state index contributed by atoms with van der Waals surface area (Å²) in [4.78, 5) is 15.1. The molecule has 0 bridgehead atoms. The SMILES string of the molecule is Cc1ccccc1CN(CC1CCCN1)C(=O)[C@@H](C)Oc1ccccc1. The Morgan fingerprint density at radius 2 is 1.92 bits per heavy atom. The first-order valence-corrected chi connectivity index (χ1v) is 9.42. The average molecular weight is 352 g/mol. The summed E-state index contributed by atoms with van der Waals surface area (Å²) in [5.74, 6) is 0.758. The van der Waals surface area contributed by atoms with Crippen molar-refractivity contribution in [2.45, 2.75) is 45.4 Å². The summed E-state index contributed by atoms with van der Waals surface area (Å²) >= 11 is 0. The van der Waals surface area contributed by atoms with E-state index in [9.17, 15) is 4.79 Å². The van der Waals surface area contributed by atoms with Crippen molar-refractivity contribution in [1.29, 1.82) is 0 Å². The van der Waals surface area contributed by atoms with E-state index in [1.165, 1.54) is 17.5 Å². The Hall–Kier alpha value is -2.33. The van der Waals surface area contributed by atoms with Gasteiger partial charge < -0.3 is 15.0 Å². The van der Waals surface area contributed by atoms with Crippen molar-refractivity contribution in [3.05, 3.63) is 65.7 Å². The number of para-hydroxylation sites is 1. The molecule has 4 heteroatoms. The van der Waals surface area contributed by atoms with Crippen LogP contribution in [0.15, 0.2) is 54.6 Å². The van der Waals surface area contributed by atoms with Gasteiger partial charge in [-0.2, -0.15) is 0 Å². The monoisotopic (exact) mass is 352 g/mol. The van der Waals surface area contributed by atoms with Gasteiger partial charge in [0, 0.05) is 19.1 Å². The Bertz CT molecular complexity index is 711. The van der Waals surface area contributed by atoms with Crippen molar-refractivity contribution in [2.75, 3.05) is 13.1 Å². The highest BCUT2D eigenvalue weighted by Crippen LogP contribution is 2.17. The van der Waals surface area contributed by atoms with Crippen molar-refractivity contribution >= 4 is 5.91 Å². The highest BCUT2D eigenvalue weighted by molar-refractivity contribution is 5.81. The smallest absolute Gasteiger partial charge is 0.263 e. The summed E-state index contributed by atoms with van der Waals surface area (Å²) in [5.41, 5.74) is 2.40. The number of ether oxygens (including phenoxy) is 1. The third-order valence-corrected chi connectivity index (χ3v) is 4.94. The predicted molar refractivity (Wildman–Crippen MR) is 104 cm³/mol. The van der Waals surface area contributed by atoms with Crippen molar-refractivity contribution in [1.82, 2.24) is 10.2 Å². The number of carbonyl (C=O) groups is 1. The Kier molecular flexibility index (Phi) is 6.29. The molecule has 2 atom stereocenters. The lowest BCUT2D eigenvalue weighted by Crippen LogP contribution is -2.45. The number of amides is 1. The summed E-state index contributed by atoms with van der Waals surface area (Å²) in [6.07, 6.45) is 1.78. The second-order valence-electron chi connectivity index (χ2n) is 7.01. The van der Waals surface area contributed by atoms with E-state index in [1.807, 2.05) is 54.3 Å². The highest BCUT2D eigenvalue weighted by Gasteiger charge is 2.26. The number of hydrogen-bond acceptors (Lipinski definition) is 3. The molecule has 1 fully saturated rings. The fraction of sp³-hybridized carbons (Fsp3) is 0.409. The number of hydrogen-bond donors (Lipinski definition) is 1. The van der Waals surface area contributed by atoms with Crippen LogP contribution in [0.2, 0.25) is 0 Å². The van der Waals surface area contributed by atoms with E-state index in [0.717, 1.165) is 25.3 Å². The predicted octanol–water partition coefficient (Wildman–Crippen LogP) is 3.54. The lowest BCUT2D eigenvalue weighted by molar-refractivity contribution is -0.139. The van der Waals surface area contributed by atoms with Gasteiger partial charge in [-0.15, -0.1) is 0 Å². The average Bonchev–Trinajstić information content (AvgIpc) is 3.16. The summed E-state index contributed by atoms with van der Waals surface area (Å²) < 4.78 is 5.88. The van der Waals surface area contributed by atoms with Crippen LogP contribution < -0.4 is 10.1 Å². The van der Waals surface area contributed by atoms with Crippen LogP contribution in [0, 0.1) is 6.92 Å². The quantitative estimate of drug-likeness (QED) is 0.829. The lowest BCUT2D eigenvalue weighted by atomic mass is 10.1. The maximum absolute atomic E-state index is 13.1. The molecule has 0 aliphatic carbocycles. The molecule has 1 N–H and O–H groups in total. The van der Waals surface area contributed by atoms with E-state index in [0.29, 0.717) is 12.6 Å². The molecular weight excluding hydrogens is 324 g/mol. The molecule has 1 aliphatic heterocycles. The van der Waals surface area contributed by atoms with Crippen molar-refractivity contribution in [2.24, 2.45) is 0 Å². The van der Waals surface area contributed by atoms with Crippen LogP contribution in [0.5, 0.6) is 5.75 Å². The molecular formula is C22H28N2O2. The van der Waals surface area contributed by atoms with Gasteiger partial charge in [0.1, 0.15) is 5.75 Å². The second-order valence-corrected chi connectivity index (χ2v) is 7.01. The van der Waals surface area contributed by atoms with Gasteiger partial charge in [-0.05, 0) is 56.5 Å². The van der Waals surface area contributed by atoms with Crippen LogP contribution in [0.3, 0.4) is 0 Å². The molecule has 2 aromatic rings. The van der Waals surface area contributed by atoms with Gasteiger partial charge in [0.25, 0.3) is 5.91 Å². The van der Waals surface area contributed by atoms with E-state index in [4.69, 9.17) is 4.74 Å². The van der Waals surface area contributed by atoms with Gasteiger partial charge >= 0.3 is 0 Å². The van der Waals surface area contributed by atoms with E-state index < -0.39 is 6.10 Å². The van der Waals surface area contributed by atoms with Crippen molar-refractivity contribution in [3.8, 4) is 5.75 Å². The van der Waals surface area contributed by atoms with Crippen LogP contribution in [0.4, 0.5) is 0 Å². The minimum Gasteiger partial charge on any atom is -0.481 e. The molecule has 1 heterocycles.